The van der Waals surface area contributed by atoms with E-state index in [9.17, 15) is 13.2 Å². The first-order chi connectivity index (χ1) is 14.6. The van der Waals surface area contributed by atoms with Gasteiger partial charge in [0.05, 0.1) is 24.2 Å². The Balaban J connectivity index is 1.64. The number of aryl methyl sites for hydroxylation is 1. The van der Waals surface area contributed by atoms with E-state index in [1.165, 1.54) is 28.7 Å². The molecule has 1 N–H and O–H groups in total. The average Bonchev–Trinajstić information content (AvgIpc) is 3.06. The predicted molar refractivity (Wildman–Crippen MR) is 123 cm³/mol. The third-order valence-electron chi connectivity index (χ3n) is 5.72. The lowest BCUT2D eigenvalue weighted by molar-refractivity contribution is -0.119. The molecule has 1 aromatic carbocycles. The lowest BCUT2D eigenvalue weighted by Gasteiger charge is -2.29. The smallest absolute Gasteiger partial charge is 0.232 e. The number of carbonyl (C=O) groups is 1. The van der Waals surface area contributed by atoms with E-state index in [-0.39, 0.29) is 24.2 Å². The molecule has 0 bridgehead atoms. The molecule has 2 atom stereocenters. The van der Waals surface area contributed by atoms with Gasteiger partial charge in [0.2, 0.25) is 15.9 Å². The minimum Gasteiger partial charge on any atom is -0.352 e. The molecule has 1 aliphatic carbocycles. The van der Waals surface area contributed by atoms with E-state index in [2.05, 4.69) is 22.4 Å². The van der Waals surface area contributed by atoms with Crippen LogP contribution in [0.15, 0.2) is 29.4 Å². The minimum atomic E-state index is -3.50. The van der Waals surface area contributed by atoms with E-state index in [0.29, 0.717) is 22.6 Å². The van der Waals surface area contributed by atoms with Crippen LogP contribution in [0.5, 0.6) is 0 Å². The summed E-state index contributed by atoms with van der Waals surface area (Å²) in [6.45, 7) is 4.21. The Morgan fingerprint density at radius 2 is 1.90 bits per heavy atom. The monoisotopic (exact) mass is 465 g/mol. The van der Waals surface area contributed by atoms with Gasteiger partial charge >= 0.3 is 0 Å². The molecule has 1 heterocycles. The molecule has 3 rings (SSSR count). The lowest BCUT2D eigenvalue weighted by Crippen LogP contribution is -2.41. The third-order valence-corrected chi connectivity index (χ3v) is 7.88. The average molecular weight is 466 g/mol. The van der Waals surface area contributed by atoms with E-state index in [1.807, 2.05) is 19.1 Å². The zero-order valence-electron chi connectivity index (χ0n) is 18.5. The van der Waals surface area contributed by atoms with Gasteiger partial charge in [-0.05, 0) is 37.8 Å². The number of rotatable bonds is 8. The number of aromatic nitrogens is 3. The van der Waals surface area contributed by atoms with Crippen LogP contribution in [0.4, 0.5) is 5.69 Å². The maximum Gasteiger partial charge on any atom is 0.232 e. The number of nitrogens with one attached hydrogen (secondary N) is 1. The Bertz CT molecular complexity index is 1000. The molecule has 1 saturated carbocycles. The van der Waals surface area contributed by atoms with E-state index in [1.54, 1.807) is 23.7 Å². The fraction of sp³-hybridized carbons (Fsp3) is 0.571. The maximum absolute atomic E-state index is 12.4. The second-order valence-electron chi connectivity index (χ2n) is 8.29. The van der Waals surface area contributed by atoms with E-state index in [0.717, 1.165) is 24.8 Å². The van der Waals surface area contributed by atoms with Crippen molar-refractivity contribution in [3.05, 3.63) is 35.7 Å². The number of anilines is 1. The van der Waals surface area contributed by atoms with Crippen LogP contribution in [-0.4, -0.2) is 47.1 Å². The summed E-state index contributed by atoms with van der Waals surface area (Å²) in [6.07, 6.45) is 5.76. The van der Waals surface area contributed by atoms with Crippen molar-refractivity contribution in [1.29, 1.82) is 0 Å². The van der Waals surface area contributed by atoms with Crippen molar-refractivity contribution in [3.8, 4) is 0 Å². The van der Waals surface area contributed by atoms with Gasteiger partial charge in [0, 0.05) is 13.1 Å². The molecule has 1 fully saturated rings. The van der Waals surface area contributed by atoms with E-state index in [4.69, 9.17) is 0 Å². The molecular weight excluding hydrogens is 434 g/mol. The summed E-state index contributed by atoms with van der Waals surface area (Å²) in [7, 11) is -1.72. The summed E-state index contributed by atoms with van der Waals surface area (Å²) in [5.41, 5.74) is 1.63. The van der Waals surface area contributed by atoms with Crippen LogP contribution in [0, 0.1) is 12.8 Å². The van der Waals surface area contributed by atoms with Gasteiger partial charge in [-0.1, -0.05) is 49.2 Å². The number of nitrogens with zero attached hydrogens (tertiary/aromatic N) is 4. The van der Waals surface area contributed by atoms with Crippen molar-refractivity contribution >= 4 is 33.4 Å². The molecule has 1 aromatic heterocycles. The predicted octanol–water partition coefficient (Wildman–Crippen LogP) is 2.88. The summed E-state index contributed by atoms with van der Waals surface area (Å²) in [6, 6.07) is 7.54. The highest BCUT2D eigenvalue weighted by molar-refractivity contribution is 7.99. The summed E-state index contributed by atoms with van der Waals surface area (Å²) >= 11 is 1.31. The van der Waals surface area contributed by atoms with Gasteiger partial charge in [-0.3, -0.25) is 9.10 Å². The largest absolute Gasteiger partial charge is 0.352 e. The third kappa shape index (κ3) is 6.22. The summed E-state index contributed by atoms with van der Waals surface area (Å²) in [5.74, 6) is 1.26. The Morgan fingerprint density at radius 1 is 1.23 bits per heavy atom. The van der Waals surface area contributed by atoms with Crippen molar-refractivity contribution in [2.75, 3.05) is 16.3 Å². The molecule has 31 heavy (non-hydrogen) atoms. The molecule has 0 spiro atoms. The van der Waals surface area contributed by atoms with Crippen LogP contribution in [0.1, 0.15) is 44.0 Å². The second kappa shape index (κ2) is 10.0. The SMILES string of the molecule is Cc1ccc(N(Cc2nnc(SCC(=O)N[C@H]3CCCC[C@@H]3C)n2C)S(C)(=O)=O)cc1. The molecule has 0 aliphatic heterocycles. The van der Waals surface area contributed by atoms with Gasteiger partial charge in [-0.25, -0.2) is 8.42 Å². The zero-order valence-corrected chi connectivity index (χ0v) is 20.2. The number of hydrogen-bond acceptors (Lipinski definition) is 6. The Kier molecular flexibility index (Phi) is 7.64. The van der Waals surface area contributed by atoms with Gasteiger partial charge in [-0.2, -0.15) is 0 Å². The number of benzene rings is 1. The van der Waals surface area contributed by atoms with Crippen molar-refractivity contribution in [2.45, 2.75) is 57.3 Å². The van der Waals surface area contributed by atoms with Gasteiger partial charge < -0.3 is 9.88 Å². The number of carbonyl (C=O) groups excluding carboxylic acids is 1. The second-order valence-corrected chi connectivity index (χ2v) is 11.1. The highest BCUT2D eigenvalue weighted by Gasteiger charge is 2.24. The van der Waals surface area contributed by atoms with Crippen LogP contribution >= 0.6 is 11.8 Å². The molecule has 1 amide bonds. The van der Waals surface area contributed by atoms with E-state index < -0.39 is 10.0 Å². The topological polar surface area (TPSA) is 97.2 Å². The van der Waals surface area contributed by atoms with Crippen LogP contribution in [0.2, 0.25) is 0 Å². The summed E-state index contributed by atoms with van der Waals surface area (Å²) in [4.78, 5) is 12.4. The lowest BCUT2D eigenvalue weighted by atomic mass is 9.86. The van der Waals surface area contributed by atoms with Crippen molar-refractivity contribution in [1.82, 2.24) is 20.1 Å². The van der Waals surface area contributed by atoms with Crippen molar-refractivity contribution in [2.24, 2.45) is 13.0 Å². The number of thioether (sulfide) groups is 1. The van der Waals surface area contributed by atoms with Gasteiger partial charge in [0.25, 0.3) is 0 Å². The number of sulfonamides is 1. The maximum atomic E-state index is 12.4. The first kappa shape index (κ1) is 23.6. The fourth-order valence-electron chi connectivity index (χ4n) is 3.76. The normalized spacial score (nSPS) is 19.2. The molecule has 2 aromatic rings. The Morgan fingerprint density at radius 3 is 2.55 bits per heavy atom. The first-order valence-electron chi connectivity index (χ1n) is 10.5. The number of hydrogen-bond donors (Lipinski definition) is 1. The molecule has 0 radical (unpaired) electrons. The highest BCUT2D eigenvalue weighted by atomic mass is 32.2. The van der Waals surface area contributed by atoms with Gasteiger partial charge in [-0.15, -0.1) is 10.2 Å². The standard InChI is InChI=1S/C21H31N5O3S2/c1-15-9-11-17(12-10-15)26(31(4,28)29)13-19-23-24-21(25(19)3)30-14-20(27)22-18-8-6-5-7-16(18)2/h9-12,16,18H,5-8,13-14H2,1-4H3,(H,22,27)/t16-,18-/m0/s1. The van der Waals surface area contributed by atoms with Gasteiger partial charge in [0.1, 0.15) is 0 Å². The molecule has 8 nitrogen and oxygen atoms in total. The zero-order chi connectivity index (χ0) is 22.6. The molecule has 10 heteroatoms. The molecule has 1 aliphatic rings. The molecule has 0 unspecified atom stereocenters. The Hall–Kier alpha value is -2.07. The van der Waals surface area contributed by atoms with Gasteiger partial charge in [0.15, 0.2) is 11.0 Å². The molecule has 0 saturated heterocycles. The quantitative estimate of drug-likeness (QED) is 0.602. The Labute approximate surface area is 188 Å². The molecule has 170 valence electrons. The van der Waals surface area contributed by atoms with E-state index >= 15 is 0 Å². The van der Waals surface area contributed by atoms with Crippen LogP contribution < -0.4 is 9.62 Å². The van der Waals surface area contributed by atoms with Crippen LogP contribution in [-0.2, 0) is 28.4 Å². The van der Waals surface area contributed by atoms with Crippen LogP contribution in [0.25, 0.3) is 0 Å². The minimum absolute atomic E-state index is 0.00859. The van der Waals surface area contributed by atoms with Crippen molar-refractivity contribution in [3.63, 3.8) is 0 Å². The highest BCUT2D eigenvalue weighted by Crippen LogP contribution is 2.25. The number of amides is 1. The summed E-state index contributed by atoms with van der Waals surface area (Å²) in [5, 5.41) is 12.1. The molecular formula is C21H31N5O3S2. The fourth-order valence-corrected chi connectivity index (χ4v) is 5.35. The summed E-state index contributed by atoms with van der Waals surface area (Å²) < 4.78 is 27.8. The van der Waals surface area contributed by atoms with Crippen LogP contribution in [0.3, 0.4) is 0 Å². The first-order valence-corrected chi connectivity index (χ1v) is 13.3. The van der Waals surface area contributed by atoms with Crippen molar-refractivity contribution < 1.29 is 13.2 Å².